The standard InChI is InChI=1S/C29H30N4O3/c1-18-15-24(20(3)30-25-12-8-7-11-23(25)29(35)36)27-31-26(19(2)28(34)33(27)16-18)32-14-13-22(17-32)21-9-5-4-6-10-21/h4-12,15-16,20,22,30H,13-14,17H2,1-3H3,(H,35,36)/t20-,22?/m1/s1. The summed E-state index contributed by atoms with van der Waals surface area (Å²) in [7, 11) is 0. The number of para-hydroxylation sites is 1. The van der Waals surface area contributed by atoms with Gasteiger partial charge in [0.25, 0.3) is 5.56 Å². The third-order valence-corrected chi connectivity index (χ3v) is 7.04. The van der Waals surface area contributed by atoms with Crippen LogP contribution in [0.3, 0.4) is 0 Å². The molecule has 2 N–H and O–H groups in total. The van der Waals surface area contributed by atoms with Gasteiger partial charge in [-0.2, -0.15) is 0 Å². The van der Waals surface area contributed by atoms with Crippen molar-refractivity contribution in [3.05, 3.63) is 105 Å². The maximum Gasteiger partial charge on any atom is 0.337 e. The summed E-state index contributed by atoms with van der Waals surface area (Å²) in [6.45, 7) is 7.40. The molecule has 184 valence electrons. The van der Waals surface area contributed by atoms with Gasteiger partial charge in [-0.1, -0.05) is 42.5 Å². The lowest BCUT2D eigenvalue weighted by molar-refractivity contribution is 0.0698. The number of benzene rings is 2. The first kappa shape index (κ1) is 23.6. The molecule has 5 rings (SSSR count). The minimum atomic E-state index is -0.992. The molecule has 7 heteroatoms. The summed E-state index contributed by atoms with van der Waals surface area (Å²) < 4.78 is 1.62. The summed E-state index contributed by atoms with van der Waals surface area (Å²) in [4.78, 5) is 32.4. The minimum Gasteiger partial charge on any atom is -0.478 e. The monoisotopic (exact) mass is 482 g/mol. The van der Waals surface area contributed by atoms with E-state index in [9.17, 15) is 14.7 Å². The number of fused-ring (bicyclic) bond motifs is 1. The number of pyridine rings is 1. The van der Waals surface area contributed by atoms with Gasteiger partial charge >= 0.3 is 5.97 Å². The highest BCUT2D eigenvalue weighted by molar-refractivity contribution is 5.94. The Morgan fingerprint density at radius 2 is 1.83 bits per heavy atom. The highest BCUT2D eigenvalue weighted by Crippen LogP contribution is 2.32. The van der Waals surface area contributed by atoms with Gasteiger partial charge in [-0.3, -0.25) is 9.20 Å². The second kappa shape index (κ2) is 9.49. The average molecular weight is 483 g/mol. The molecule has 36 heavy (non-hydrogen) atoms. The number of aryl methyl sites for hydroxylation is 1. The number of hydrogen-bond donors (Lipinski definition) is 2. The number of carboxylic acid groups (broad SMARTS) is 1. The van der Waals surface area contributed by atoms with Crippen LogP contribution in [-0.2, 0) is 0 Å². The van der Waals surface area contributed by atoms with Gasteiger partial charge in [-0.15, -0.1) is 0 Å². The maximum atomic E-state index is 13.5. The molecule has 2 atom stereocenters. The number of anilines is 2. The van der Waals surface area contributed by atoms with Crippen molar-refractivity contribution in [3.8, 4) is 0 Å². The molecule has 1 unspecified atom stereocenters. The van der Waals surface area contributed by atoms with Crippen molar-refractivity contribution in [1.82, 2.24) is 9.38 Å². The van der Waals surface area contributed by atoms with Crippen LogP contribution in [0.5, 0.6) is 0 Å². The Morgan fingerprint density at radius 3 is 2.58 bits per heavy atom. The highest BCUT2D eigenvalue weighted by atomic mass is 16.4. The number of nitrogens with one attached hydrogen (secondary N) is 1. The SMILES string of the molecule is Cc1cc([C@@H](C)Nc2ccccc2C(=O)O)c2nc(N3CCC(c4ccccc4)C3)c(C)c(=O)n2c1. The van der Waals surface area contributed by atoms with Crippen LogP contribution in [0.2, 0.25) is 0 Å². The van der Waals surface area contributed by atoms with Crippen LogP contribution < -0.4 is 15.8 Å². The lowest BCUT2D eigenvalue weighted by atomic mass is 9.99. The van der Waals surface area contributed by atoms with E-state index in [0.717, 1.165) is 36.5 Å². The van der Waals surface area contributed by atoms with Crippen molar-refractivity contribution in [3.63, 3.8) is 0 Å². The number of carboxylic acids is 1. The third-order valence-electron chi connectivity index (χ3n) is 7.04. The molecule has 1 aliphatic heterocycles. The molecule has 0 amide bonds. The normalized spacial score (nSPS) is 16.3. The smallest absolute Gasteiger partial charge is 0.337 e. The van der Waals surface area contributed by atoms with Gasteiger partial charge in [0.05, 0.1) is 17.2 Å². The zero-order valence-electron chi connectivity index (χ0n) is 20.7. The maximum absolute atomic E-state index is 13.5. The molecule has 0 saturated carbocycles. The molecule has 7 nitrogen and oxygen atoms in total. The highest BCUT2D eigenvalue weighted by Gasteiger charge is 2.27. The quantitative estimate of drug-likeness (QED) is 0.394. The van der Waals surface area contributed by atoms with E-state index in [1.165, 1.54) is 5.56 Å². The van der Waals surface area contributed by atoms with Gasteiger partial charge in [0.1, 0.15) is 11.5 Å². The van der Waals surface area contributed by atoms with E-state index >= 15 is 0 Å². The van der Waals surface area contributed by atoms with Crippen molar-refractivity contribution in [2.24, 2.45) is 0 Å². The molecule has 2 aromatic carbocycles. The molecule has 1 aliphatic rings. The molecule has 2 aromatic heterocycles. The number of aromatic carboxylic acids is 1. The Morgan fingerprint density at radius 1 is 1.11 bits per heavy atom. The summed E-state index contributed by atoms with van der Waals surface area (Å²) in [5.74, 6) is 0.131. The van der Waals surface area contributed by atoms with Crippen molar-refractivity contribution in [1.29, 1.82) is 0 Å². The van der Waals surface area contributed by atoms with Crippen molar-refractivity contribution < 1.29 is 9.90 Å². The summed E-state index contributed by atoms with van der Waals surface area (Å²) in [6, 6.07) is 19.0. The van der Waals surface area contributed by atoms with E-state index < -0.39 is 5.97 Å². The van der Waals surface area contributed by atoms with E-state index in [1.807, 2.05) is 39.1 Å². The second-order valence-electron chi connectivity index (χ2n) is 9.59. The van der Waals surface area contributed by atoms with Gasteiger partial charge in [-0.05, 0) is 56.5 Å². The molecule has 1 saturated heterocycles. The van der Waals surface area contributed by atoms with Gasteiger partial charge < -0.3 is 15.3 Å². The summed E-state index contributed by atoms with van der Waals surface area (Å²) in [5, 5.41) is 12.9. The number of rotatable bonds is 6. The lowest BCUT2D eigenvalue weighted by Crippen LogP contribution is -2.28. The Labute approximate surface area is 210 Å². The second-order valence-corrected chi connectivity index (χ2v) is 9.59. The van der Waals surface area contributed by atoms with Crippen LogP contribution in [0.15, 0.2) is 71.7 Å². The van der Waals surface area contributed by atoms with Crippen LogP contribution in [-0.4, -0.2) is 33.6 Å². The molecule has 0 aliphatic carbocycles. The van der Waals surface area contributed by atoms with E-state index in [1.54, 1.807) is 28.7 Å². The van der Waals surface area contributed by atoms with Crippen molar-refractivity contribution >= 4 is 23.1 Å². The predicted molar refractivity (Wildman–Crippen MR) is 142 cm³/mol. The first-order chi connectivity index (χ1) is 17.3. The molecular weight excluding hydrogens is 452 g/mol. The fraction of sp³-hybridized carbons (Fsp3) is 0.276. The predicted octanol–water partition coefficient (Wildman–Crippen LogP) is 5.18. The Kier molecular flexibility index (Phi) is 6.22. The molecule has 1 fully saturated rings. The van der Waals surface area contributed by atoms with Crippen LogP contribution >= 0.6 is 0 Å². The largest absolute Gasteiger partial charge is 0.478 e. The van der Waals surface area contributed by atoms with E-state index in [4.69, 9.17) is 4.98 Å². The Balaban J connectivity index is 1.55. The fourth-order valence-electron chi connectivity index (χ4n) is 5.17. The average Bonchev–Trinajstić information content (AvgIpc) is 3.37. The molecule has 4 aromatic rings. The van der Waals surface area contributed by atoms with Crippen LogP contribution in [0.25, 0.3) is 5.65 Å². The van der Waals surface area contributed by atoms with Crippen molar-refractivity contribution in [2.45, 2.75) is 39.2 Å². The number of hydrogen-bond acceptors (Lipinski definition) is 5. The summed E-state index contributed by atoms with van der Waals surface area (Å²) in [5.41, 5.74) is 4.94. The first-order valence-electron chi connectivity index (χ1n) is 12.3. The van der Waals surface area contributed by atoms with Crippen LogP contribution in [0.4, 0.5) is 11.5 Å². The van der Waals surface area contributed by atoms with Crippen LogP contribution in [0, 0.1) is 13.8 Å². The van der Waals surface area contributed by atoms with Gasteiger partial charge in [0.15, 0.2) is 0 Å². The van der Waals surface area contributed by atoms with Gasteiger partial charge in [-0.25, -0.2) is 9.78 Å². The number of carbonyl (C=O) groups is 1. The van der Waals surface area contributed by atoms with E-state index in [0.29, 0.717) is 22.8 Å². The summed E-state index contributed by atoms with van der Waals surface area (Å²) in [6.07, 6.45) is 2.83. The van der Waals surface area contributed by atoms with Crippen molar-refractivity contribution in [2.75, 3.05) is 23.3 Å². The Hall–Kier alpha value is -4.13. The number of nitrogens with zero attached hydrogens (tertiary/aromatic N) is 3. The van der Waals surface area contributed by atoms with E-state index in [2.05, 4.69) is 34.5 Å². The topological polar surface area (TPSA) is 86.9 Å². The molecule has 3 heterocycles. The van der Waals surface area contributed by atoms with E-state index in [-0.39, 0.29) is 17.2 Å². The molecule has 0 bridgehead atoms. The number of aromatic nitrogens is 2. The van der Waals surface area contributed by atoms with Gasteiger partial charge in [0.2, 0.25) is 0 Å². The zero-order valence-corrected chi connectivity index (χ0v) is 20.7. The lowest BCUT2D eigenvalue weighted by Gasteiger charge is -2.23. The Bertz CT molecular complexity index is 1500. The molecular formula is C29H30N4O3. The minimum absolute atomic E-state index is 0.0822. The molecule has 0 radical (unpaired) electrons. The molecule has 0 spiro atoms. The fourth-order valence-corrected chi connectivity index (χ4v) is 5.17. The zero-order chi connectivity index (χ0) is 25.4. The third kappa shape index (κ3) is 4.33. The summed E-state index contributed by atoms with van der Waals surface area (Å²) >= 11 is 0. The first-order valence-corrected chi connectivity index (χ1v) is 12.3. The van der Waals surface area contributed by atoms with Crippen LogP contribution in [0.1, 0.15) is 57.9 Å². The van der Waals surface area contributed by atoms with Gasteiger partial charge in [0, 0.05) is 36.5 Å².